The summed E-state index contributed by atoms with van der Waals surface area (Å²) < 4.78 is 0. The highest BCUT2D eigenvalue weighted by atomic mass is 32.1. The maximum Gasteiger partial charge on any atom is 0.161 e. The molecule has 0 amide bonds. The fourth-order valence-electron chi connectivity index (χ4n) is 2.18. The molecule has 0 spiro atoms. The topological polar surface area (TPSA) is 63.6 Å². The van der Waals surface area contributed by atoms with Crippen LogP contribution in [-0.4, -0.2) is 19.9 Å². The second kappa shape index (κ2) is 6.83. The van der Waals surface area contributed by atoms with Crippen LogP contribution >= 0.6 is 11.3 Å². The van der Waals surface area contributed by atoms with Gasteiger partial charge in [0, 0.05) is 40.3 Å². The van der Waals surface area contributed by atoms with Crippen LogP contribution in [0.25, 0.3) is 11.4 Å². The molecule has 3 heterocycles. The number of rotatable bonds is 5. The fraction of sp³-hybridized carbons (Fsp3) is 0.294. The average molecular weight is 325 g/mol. The predicted molar refractivity (Wildman–Crippen MR) is 93.6 cm³/mol. The van der Waals surface area contributed by atoms with Crippen LogP contribution in [0.1, 0.15) is 28.1 Å². The summed E-state index contributed by atoms with van der Waals surface area (Å²) in [5.74, 6) is 1.57. The van der Waals surface area contributed by atoms with Gasteiger partial charge in [-0.15, -0.1) is 11.3 Å². The lowest BCUT2D eigenvalue weighted by Gasteiger charge is -2.11. The molecule has 0 saturated heterocycles. The van der Waals surface area contributed by atoms with Crippen molar-refractivity contribution in [2.75, 3.05) is 5.32 Å². The van der Waals surface area contributed by atoms with Crippen molar-refractivity contribution in [3.05, 3.63) is 51.9 Å². The van der Waals surface area contributed by atoms with Gasteiger partial charge in [0.25, 0.3) is 0 Å². The highest BCUT2D eigenvalue weighted by Crippen LogP contribution is 2.22. The number of nitrogens with zero attached hydrogens (tertiary/aromatic N) is 4. The molecular weight excluding hydrogens is 306 g/mol. The fourth-order valence-corrected chi connectivity index (χ4v) is 2.99. The Bertz CT molecular complexity index is 798. The Kier molecular flexibility index (Phi) is 4.62. The van der Waals surface area contributed by atoms with Crippen molar-refractivity contribution in [3.63, 3.8) is 0 Å². The molecule has 118 valence electrons. The summed E-state index contributed by atoms with van der Waals surface area (Å²) in [5.41, 5.74) is 3.01. The molecule has 3 aromatic rings. The summed E-state index contributed by atoms with van der Waals surface area (Å²) in [6.45, 7) is 6.86. The lowest BCUT2D eigenvalue weighted by molar-refractivity contribution is 1.02. The second-order valence-corrected chi connectivity index (χ2v) is 6.47. The van der Waals surface area contributed by atoms with E-state index in [0.29, 0.717) is 12.4 Å². The van der Waals surface area contributed by atoms with Gasteiger partial charge in [-0.1, -0.05) is 6.92 Å². The van der Waals surface area contributed by atoms with Crippen LogP contribution in [0.2, 0.25) is 0 Å². The number of hydrogen-bond acceptors (Lipinski definition) is 6. The quantitative estimate of drug-likeness (QED) is 0.773. The van der Waals surface area contributed by atoms with Crippen LogP contribution in [0, 0.1) is 13.8 Å². The average Bonchev–Trinajstić information content (AvgIpc) is 3.05. The van der Waals surface area contributed by atoms with Gasteiger partial charge in [0.15, 0.2) is 5.82 Å². The highest BCUT2D eigenvalue weighted by molar-refractivity contribution is 7.11. The lowest BCUT2D eigenvalue weighted by atomic mass is 10.2. The summed E-state index contributed by atoms with van der Waals surface area (Å²) in [7, 11) is 0. The first-order valence-corrected chi connectivity index (χ1v) is 8.42. The minimum absolute atomic E-state index is 0.678. The smallest absolute Gasteiger partial charge is 0.161 e. The maximum absolute atomic E-state index is 4.67. The van der Waals surface area contributed by atoms with Gasteiger partial charge in [-0.05, 0) is 32.4 Å². The van der Waals surface area contributed by atoms with E-state index in [1.54, 1.807) is 23.7 Å². The molecule has 0 saturated carbocycles. The first-order valence-electron chi connectivity index (χ1n) is 7.60. The van der Waals surface area contributed by atoms with Gasteiger partial charge in [-0.2, -0.15) is 0 Å². The minimum atomic E-state index is 0.678. The van der Waals surface area contributed by atoms with Crippen molar-refractivity contribution in [3.8, 4) is 11.4 Å². The summed E-state index contributed by atoms with van der Waals surface area (Å²) in [6.07, 6.45) is 6.48. The largest absolute Gasteiger partial charge is 0.363 e. The van der Waals surface area contributed by atoms with Gasteiger partial charge >= 0.3 is 0 Å². The first-order chi connectivity index (χ1) is 11.2. The molecule has 0 fully saturated rings. The molecule has 6 heteroatoms. The molecule has 0 atom stereocenters. The van der Waals surface area contributed by atoms with E-state index in [0.717, 1.165) is 34.1 Å². The third-order valence-corrected chi connectivity index (χ3v) is 4.83. The van der Waals surface area contributed by atoms with Crippen LogP contribution < -0.4 is 5.32 Å². The van der Waals surface area contributed by atoms with Gasteiger partial charge in [0.1, 0.15) is 10.8 Å². The van der Waals surface area contributed by atoms with Crippen LogP contribution in [0.4, 0.5) is 5.82 Å². The Labute approximate surface area is 139 Å². The number of thiazole rings is 1. The first kappa shape index (κ1) is 15.6. The summed E-state index contributed by atoms with van der Waals surface area (Å²) >= 11 is 1.74. The molecule has 0 aliphatic carbocycles. The van der Waals surface area contributed by atoms with Crippen molar-refractivity contribution in [1.29, 1.82) is 0 Å². The minimum Gasteiger partial charge on any atom is -0.363 e. The molecule has 0 unspecified atom stereocenters. The van der Waals surface area contributed by atoms with E-state index in [2.05, 4.69) is 32.2 Å². The maximum atomic E-state index is 4.67. The molecule has 3 rings (SSSR count). The standard InChI is InChI=1S/C17H19N5S/c1-4-14-9-19-15(23-14)10-20-16-11(2)12(3)21-17(22-16)13-5-7-18-8-6-13/h5-9H,4,10H2,1-3H3,(H,20,21,22). The van der Waals surface area contributed by atoms with Crippen LogP contribution in [0.5, 0.6) is 0 Å². The zero-order chi connectivity index (χ0) is 16.2. The number of aromatic nitrogens is 4. The molecule has 0 aromatic carbocycles. The predicted octanol–water partition coefficient (Wildman–Crippen LogP) is 3.79. The van der Waals surface area contributed by atoms with E-state index in [4.69, 9.17) is 0 Å². The molecule has 5 nitrogen and oxygen atoms in total. The van der Waals surface area contributed by atoms with Crippen molar-refractivity contribution in [2.24, 2.45) is 0 Å². The number of anilines is 1. The molecule has 0 bridgehead atoms. The van der Waals surface area contributed by atoms with E-state index in [1.807, 2.05) is 32.2 Å². The SMILES string of the molecule is CCc1cnc(CNc2nc(-c3ccncc3)nc(C)c2C)s1. The van der Waals surface area contributed by atoms with Crippen molar-refractivity contribution < 1.29 is 0 Å². The normalized spacial score (nSPS) is 10.7. The van der Waals surface area contributed by atoms with E-state index >= 15 is 0 Å². The van der Waals surface area contributed by atoms with E-state index in [1.165, 1.54) is 4.88 Å². The zero-order valence-corrected chi connectivity index (χ0v) is 14.3. The Morgan fingerprint density at radius 2 is 1.91 bits per heavy atom. The summed E-state index contributed by atoms with van der Waals surface area (Å²) in [5, 5.41) is 4.47. The molecule has 1 N–H and O–H groups in total. The van der Waals surface area contributed by atoms with E-state index < -0.39 is 0 Å². The molecule has 0 radical (unpaired) electrons. The second-order valence-electron chi connectivity index (χ2n) is 5.27. The number of hydrogen-bond donors (Lipinski definition) is 1. The number of aryl methyl sites for hydroxylation is 2. The third-order valence-electron chi connectivity index (χ3n) is 3.68. The molecule has 3 aromatic heterocycles. The molecular formula is C17H19N5S. The summed E-state index contributed by atoms with van der Waals surface area (Å²) in [4.78, 5) is 19.0. The van der Waals surface area contributed by atoms with Gasteiger partial charge in [-0.25, -0.2) is 15.0 Å². The Hall–Kier alpha value is -2.34. The van der Waals surface area contributed by atoms with Crippen LogP contribution in [-0.2, 0) is 13.0 Å². The van der Waals surface area contributed by atoms with Crippen molar-refractivity contribution in [2.45, 2.75) is 33.7 Å². The van der Waals surface area contributed by atoms with Crippen LogP contribution in [0.3, 0.4) is 0 Å². The van der Waals surface area contributed by atoms with Crippen LogP contribution in [0.15, 0.2) is 30.7 Å². The third kappa shape index (κ3) is 3.53. The van der Waals surface area contributed by atoms with Gasteiger partial charge in [-0.3, -0.25) is 4.98 Å². The molecule has 0 aliphatic heterocycles. The lowest BCUT2D eigenvalue weighted by Crippen LogP contribution is -2.06. The van der Waals surface area contributed by atoms with Gasteiger partial charge < -0.3 is 5.32 Å². The molecule has 0 aliphatic rings. The number of pyridine rings is 1. The van der Waals surface area contributed by atoms with Crippen molar-refractivity contribution >= 4 is 17.2 Å². The molecule has 23 heavy (non-hydrogen) atoms. The Morgan fingerprint density at radius 3 is 2.61 bits per heavy atom. The Balaban J connectivity index is 1.85. The van der Waals surface area contributed by atoms with E-state index in [9.17, 15) is 0 Å². The van der Waals surface area contributed by atoms with Crippen molar-refractivity contribution in [1.82, 2.24) is 19.9 Å². The number of nitrogens with one attached hydrogen (secondary N) is 1. The monoisotopic (exact) mass is 325 g/mol. The summed E-state index contributed by atoms with van der Waals surface area (Å²) in [6, 6.07) is 3.84. The highest BCUT2D eigenvalue weighted by Gasteiger charge is 2.10. The van der Waals surface area contributed by atoms with E-state index in [-0.39, 0.29) is 0 Å². The Morgan fingerprint density at radius 1 is 1.13 bits per heavy atom. The van der Waals surface area contributed by atoms with Gasteiger partial charge in [0.2, 0.25) is 0 Å². The van der Waals surface area contributed by atoms with Gasteiger partial charge in [0.05, 0.1) is 6.54 Å². The zero-order valence-electron chi connectivity index (χ0n) is 13.5.